The van der Waals surface area contributed by atoms with Gasteiger partial charge in [-0.05, 0) is 25.3 Å². The molecule has 0 saturated carbocycles. The molecule has 0 bridgehead atoms. The van der Waals surface area contributed by atoms with E-state index in [-0.39, 0.29) is 12.2 Å². The molecule has 1 heterocycles. The fourth-order valence-electron chi connectivity index (χ4n) is 1.72. The highest BCUT2D eigenvalue weighted by Crippen LogP contribution is 2.36. The Hall–Kier alpha value is -1.40. The lowest BCUT2D eigenvalue weighted by molar-refractivity contribution is -0.136. The van der Waals surface area contributed by atoms with Gasteiger partial charge in [-0.2, -0.15) is 0 Å². The van der Waals surface area contributed by atoms with E-state index < -0.39 is 5.97 Å². The van der Waals surface area contributed by atoms with Crippen LogP contribution in [0.3, 0.4) is 0 Å². The van der Waals surface area contributed by atoms with Gasteiger partial charge in [-0.3, -0.25) is 4.79 Å². The first-order valence-corrected chi connectivity index (χ1v) is 7.58. The predicted molar refractivity (Wildman–Crippen MR) is 75.4 cm³/mol. The summed E-state index contributed by atoms with van der Waals surface area (Å²) in [7, 11) is 0. The molecule has 0 aliphatic carbocycles. The number of hydrogen-bond donors (Lipinski definition) is 1. The van der Waals surface area contributed by atoms with E-state index in [1.54, 1.807) is 13.0 Å². The van der Waals surface area contributed by atoms with Crippen molar-refractivity contribution in [1.29, 1.82) is 0 Å². The van der Waals surface area contributed by atoms with Crippen LogP contribution in [0, 0.1) is 12.7 Å². The predicted octanol–water partition coefficient (Wildman–Crippen LogP) is 3.61. The van der Waals surface area contributed by atoms with Gasteiger partial charge in [0.25, 0.3) is 0 Å². The molecule has 0 saturated heterocycles. The van der Waals surface area contributed by atoms with Crippen LogP contribution in [0.1, 0.15) is 10.6 Å². The van der Waals surface area contributed by atoms with Crippen LogP contribution in [0.25, 0.3) is 10.6 Å². The molecule has 2 aromatic rings. The molecule has 19 heavy (non-hydrogen) atoms. The van der Waals surface area contributed by atoms with Gasteiger partial charge in [0.05, 0.1) is 17.7 Å². The maximum atomic E-state index is 14.0. The average molecular weight is 297 g/mol. The number of aryl methyl sites for hydroxylation is 1. The summed E-state index contributed by atoms with van der Waals surface area (Å²) in [5.41, 5.74) is 1.11. The van der Waals surface area contributed by atoms with Crippen LogP contribution in [0.15, 0.2) is 23.1 Å². The lowest BCUT2D eigenvalue weighted by Gasteiger charge is -2.04. The number of hydrogen-bond acceptors (Lipinski definition) is 4. The Bertz CT molecular complexity index is 625. The summed E-state index contributed by atoms with van der Waals surface area (Å²) >= 11 is 2.68. The van der Waals surface area contributed by atoms with Crippen molar-refractivity contribution in [2.75, 3.05) is 6.26 Å². The highest BCUT2D eigenvalue weighted by molar-refractivity contribution is 7.98. The number of nitrogens with zero attached hydrogens (tertiary/aromatic N) is 1. The van der Waals surface area contributed by atoms with Crippen LogP contribution in [0.4, 0.5) is 4.39 Å². The third-order valence-corrected chi connectivity index (χ3v) is 4.57. The van der Waals surface area contributed by atoms with Crippen molar-refractivity contribution >= 4 is 29.1 Å². The quantitative estimate of drug-likeness (QED) is 0.876. The zero-order valence-corrected chi connectivity index (χ0v) is 12.1. The van der Waals surface area contributed by atoms with E-state index in [1.807, 2.05) is 12.3 Å². The van der Waals surface area contributed by atoms with Gasteiger partial charge in [-0.1, -0.05) is 6.07 Å². The van der Waals surface area contributed by atoms with Crippen molar-refractivity contribution in [3.05, 3.63) is 34.6 Å². The molecule has 0 fully saturated rings. The first-order valence-electron chi connectivity index (χ1n) is 5.54. The Kier molecular flexibility index (Phi) is 4.21. The average Bonchev–Trinajstić information content (AvgIpc) is 2.69. The molecule has 2 rings (SSSR count). The van der Waals surface area contributed by atoms with Crippen molar-refractivity contribution < 1.29 is 14.3 Å². The number of benzene rings is 1. The summed E-state index contributed by atoms with van der Waals surface area (Å²) < 4.78 is 14.0. The van der Waals surface area contributed by atoms with Crippen LogP contribution in [-0.4, -0.2) is 22.3 Å². The van der Waals surface area contributed by atoms with E-state index in [0.29, 0.717) is 21.1 Å². The van der Waals surface area contributed by atoms with Crippen molar-refractivity contribution in [1.82, 2.24) is 4.98 Å². The van der Waals surface area contributed by atoms with E-state index in [2.05, 4.69) is 4.98 Å². The van der Waals surface area contributed by atoms with Crippen LogP contribution >= 0.6 is 23.1 Å². The van der Waals surface area contributed by atoms with Gasteiger partial charge in [0.2, 0.25) is 0 Å². The highest BCUT2D eigenvalue weighted by atomic mass is 32.2. The van der Waals surface area contributed by atoms with Gasteiger partial charge in [0.15, 0.2) is 0 Å². The Morgan fingerprint density at radius 2 is 2.26 bits per heavy atom. The van der Waals surface area contributed by atoms with Crippen LogP contribution in [0.2, 0.25) is 0 Å². The van der Waals surface area contributed by atoms with Gasteiger partial charge in [0.1, 0.15) is 10.8 Å². The highest BCUT2D eigenvalue weighted by Gasteiger charge is 2.17. The van der Waals surface area contributed by atoms with Gasteiger partial charge in [-0.25, -0.2) is 9.37 Å². The molecule has 3 nitrogen and oxygen atoms in total. The summed E-state index contributed by atoms with van der Waals surface area (Å²) in [6.07, 6.45) is 1.80. The summed E-state index contributed by atoms with van der Waals surface area (Å²) in [5.74, 6) is -1.24. The molecule has 0 aliphatic rings. The van der Waals surface area contributed by atoms with Crippen LogP contribution in [-0.2, 0) is 11.2 Å². The molecular formula is C13H12FNO2S2. The number of rotatable bonds is 4. The fourth-order valence-corrected chi connectivity index (χ4v) is 3.51. The minimum Gasteiger partial charge on any atom is -0.481 e. The van der Waals surface area contributed by atoms with Gasteiger partial charge >= 0.3 is 5.97 Å². The van der Waals surface area contributed by atoms with Crippen molar-refractivity contribution in [3.63, 3.8) is 0 Å². The van der Waals surface area contributed by atoms with Gasteiger partial charge < -0.3 is 5.11 Å². The second-order valence-corrected chi connectivity index (χ2v) is 5.85. The monoisotopic (exact) mass is 297 g/mol. The topological polar surface area (TPSA) is 50.2 Å². The molecule has 0 amide bonds. The summed E-state index contributed by atoms with van der Waals surface area (Å²) in [6.45, 7) is 1.75. The number of aliphatic carboxylic acids is 1. The maximum Gasteiger partial charge on any atom is 0.308 e. The Labute approximate surface area is 118 Å². The van der Waals surface area contributed by atoms with Crippen molar-refractivity contribution in [3.8, 4) is 10.6 Å². The van der Waals surface area contributed by atoms with Crippen LogP contribution in [0.5, 0.6) is 0 Å². The molecule has 1 aromatic carbocycles. The third-order valence-electron chi connectivity index (χ3n) is 2.61. The summed E-state index contributed by atoms with van der Waals surface area (Å²) in [5, 5.41) is 9.37. The Balaban J connectivity index is 2.51. The van der Waals surface area contributed by atoms with Crippen molar-refractivity contribution in [2.24, 2.45) is 0 Å². The Morgan fingerprint density at radius 3 is 2.89 bits per heavy atom. The number of carboxylic acid groups (broad SMARTS) is 1. The van der Waals surface area contributed by atoms with E-state index in [1.165, 1.54) is 29.2 Å². The molecule has 0 aliphatic heterocycles. The summed E-state index contributed by atoms with van der Waals surface area (Å²) in [4.78, 5) is 16.5. The first kappa shape index (κ1) is 14.0. The van der Waals surface area contributed by atoms with Crippen molar-refractivity contribution in [2.45, 2.75) is 18.2 Å². The number of thiazole rings is 1. The van der Waals surface area contributed by atoms with E-state index >= 15 is 0 Å². The second kappa shape index (κ2) is 5.71. The number of thioether (sulfide) groups is 1. The van der Waals surface area contributed by atoms with E-state index in [0.717, 1.165) is 4.90 Å². The zero-order chi connectivity index (χ0) is 14.0. The maximum absolute atomic E-state index is 14.0. The standard InChI is InChI=1S/C13H12FNO2S2/c1-7-10(6-11(16)17)19-13(15-7)12-8(14)4-3-5-9(12)18-2/h3-5H,6H2,1-2H3,(H,16,17). The lowest BCUT2D eigenvalue weighted by Crippen LogP contribution is -1.99. The largest absolute Gasteiger partial charge is 0.481 e. The molecule has 1 aromatic heterocycles. The minimum atomic E-state index is -0.906. The zero-order valence-electron chi connectivity index (χ0n) is 10.4. The molecule has 0 spiro atoms. The van der Waals surface area contributed by atoms with E-state index in [4.69, 9.17) is 5.11 Å². The Morgan fingerprint density at radius 1 is 1.53 bits per heavy atom. The minimum absolute atomic E-state index is 0.0768. The first-order chi connectivity index (χ1) is 9.02. The molecule has 1 N–H and O–H groups in total. The second-order valence-electron chi connectivity index (χ2n) is 3.92. The third kappa shape index (κ3) is 2.96. The molecule has 6 heteroatoms. The number of aromatic nitrogens is 1. The van der Waals surface area contributed by atoms with E-state index in [9.17, 15) is 9.18 Å². The SMILES string of the molecule is CSc1cccc(F)c1-c1nc(C)c(CC(=O)O)s1. The van der Waals surface area contributed by atoms with Crippen LogP contribution < -0.4 is 0 Å². The smallest absolute Gasteiger partial charge is 0.308 e. The molecule has 0 atom stereocenters. The molecular weight excluding hydrogens is 285 g/mol. The molecule has 100 valence electrons. The van der Waals surface area contributed by atoms with Gasteiger partial charge in [0, 0.05) is 9.77 Å². The number of carboxylic acids is 1. The number of carbonyl (C=O) groups is 1. The van der Waals surface area contributed by atoms with Gasteiger partial charge in [-0.15, -0.1) is 23.1 Å². The normalized spacial score (nSPS) is 10.7. The molecule has 0 unspecified atom stereocenters. The number of halogens is 1. The lowest BCUT2D eigenvalue weighted by atomic mass is 10.2. The summed E-state index contributed by atoms with van der Waals surface area (Å²) in [6, 6.07) is 4.88. The fraction of sp³-hybridized carbons (Fsp3) is 0.231. The molecule has 0 radical (unpaired) electrons.